The highest BCUT2D eigenvalue weighted by Gasteiger charge is 2.06. The number of halogens is 1. The SMILES string of the molecule is Cc1ccccc1NC(=S)NCc1c(Br)cnn1C. The molecule has 0 unspecified atom stereocenters. The Morgan fingerprint density at radius 3 is 2.79 bits per heavy atom. The van der Waals surface area contributed by atoms with Gasteiger partial charge in [0, 0.05) is 12.7 Å². The lowest BCUT2D eigenvalue weighted by atomic mass is 10.2. The Morgan fingerprint density at radius 2 is 2.16 bits per heavy atom. The third-order valence-electron chi connectivity index (χ3n) is 2.82. The van der Waals surface area contributed by atoms with E-state index in [1.54, 1.807) is 6.20 Å². The van der Waals surface area contributed by atoms with Gasteiger partial charge in [-0.3, -0.25) is 4.68 Å². The van der Waals surface area contributed by atoms with Crippen molar-refractivity contribution in [2.45, 2.75) is 13.5 Å². The quantitative estimate of drug-likeness (QED) is 0.844. The van der Waals surface area contributed by atoms with Crippen molar-refractivity contribution in [1.82, 2.24) is 15.1 Å². The molecule has 6 heteroatoms. The maximum atomic E-state index is 5.29. The molecule has 4 nitrogen and oxygen atoms in total. The zero-order valence-corrected chi connectivity index (χ0v) is 13.2. The second kappa shape index (κ2) is 6.16. The van der Waals surface area contributed by atoms with Crippen molar-refractivity contribution >= 4 is 38.9 Å². The van der Waals surface area contributed by atoms with Gasteiger partial charge >= 0.3 is 0 Å². The van der Waals surface area contributed by atoms with Gasteiger partial charge in [-0.05, 0) is 46.7 Å². The number of thiocarbonyl (C=S) groups is 1. The Morgan fingerprint density at radius 1 is 1.42 bits per heavy atom. The van der Waals surface area contributed by atoms with E-state index in [9.17, 15) is 0 Å². The highest BCUT2D eigenvalue weighted by molar-refractivity contribution is 9.10. The van der Waals surface area contributed by atoms with Gasteiger partial charge in [-0.1, -0.05) is 18.2 Å². The van der Waals surface area contributed by atoms with Crippen molar-refractivity contribution in [2.75, 3.05) is 5.32 Å². The molecule has 2 N–H and O–H groups in total. The summed E-state index contributed by atoms with van der Waals surface area (Å²) in [5, 5.41) is 11.1. The van der Waals surface area contributed by atoms with Gasteiger partial charge in [0.2, 0.25) is 0 Å². The fourth-order valence-electron chi connectivity index (χ4n) is 1.68. The number of nitrogens with zero attached hydrogens (tertiary/aromatic N) is 2. The van der Waals surface area contributed by atoms with Gasteiger partial charge in [0.05, 0.1) is 22.9 Å². The maximum Gasteiger partial charge on any atom is 0.171 e. The van der Waals surface area contributed by atoms with E-state index in [1.165, 1.54) is 0 Å². The lowest BCUT2D eigenvalue weighted by Gasteiger charge is -2.12. The number of anilines is 1. The molecule has 100 valence electrons. The molecule has 0 spiro atoms. The zero-order valence-electron chi connectivity index (χ0n) is 10.8. The van der Waals surface area contributed by atoms with E-state index in [2.05, 4.69) is 31.7 Å². The molecular formula is C13H15BrN4S. The second-order valence-corrected chi connectivity index (χ2v) is 5.45. The predicted octanol–water partition coefficient (Wildman–Crippen LogP) is 2.98. The Labute approximate surface area is 126 Å². The van der Waals surface area contributed by atoms with Gasteiger partial charge in [-0.2, -0.15) is 5.10 Å². The Hall–Kier alpha value is -1.40. The molecule has 0 amide bonds. The van der Waals surface area contributed by atoms with Crippen LogP contribution in [0.15, 0.2) is 34.9 Å². The molecule has 0 saturated carbocycles. The third-order valence-corrected chi connectivity index (χ3v) is 3.73. The normalized spacial score (nSPS) is 10.3. The van der Waals surface area contributed by atoms with Crippen LogP contribution in [0.3, 0.4) is 0 Å². The number of aryl methyl sites for hydroxylation is 2. The van der Waals surface area contributed by atoms with Crippen LogP contribution >= 0.6 is 28.1 Å². The third kappa shape index (κ3) is 3.54. The Balaban J connectivity index is 1.94. The smallest absolute Gasteiger partial charge is 0.171 e. The number of aromatic nitrogens is 2. The minimum Gasteiger partial charge on any atom is -0.357 e. The molecule has 0 aliphatic heterocycles. The van der Waals surface area contributed by atoms with Gasteiger partial charge in [0.1, 0.15) is 0 Å². The van der Waals surface area contributed by atoms with Crippen molar-refractivity contribution < 1.29 is 0 Å². The average Bonchev–Trinajstić information content (AvgIpc) is 2.70. The van der Waals surface area contributed by atoms with Crippen LogP contribution in [0.5, 0.6) is 0 Å². The number of hydrogen-bond donors (Lipinski definition) is 2. The molecule has 2 rings (SSSR count). The molecule has 0 radical (unpaired) electrons. The van der Waals surface area contributed by atoms with Crippen molar-refractivity contribution in [3.8, 4) is 0 Å². The summed E-state index contributed by atoms with van der Waals surface area (Å²) in [5.74, 6) is 0. The number of benzene rings is 1. The van der Waals surface area contributed by atoms with E-state index in [4.69, 9.17) is 12.2 Å². The lowest BCUT2D eigenvalue weighted by Crippen LogP contribution is -2.29. The van der Waals surface area contributed by atoms with Crippen LogP contribution in [-0.4, -0.2) is 14.9 Å². The minimum absolute atomic E-state index is 0.599. The highest BCUT2D eigenvalue weighted by atomic mass is 79.9. The predicted molar refractivity (Wildman–Crippen MR) is 85.1 cm³/mol. The summed E-state index contributed by atoms with van der Waals surface area (Å²) in [6.07, 6.45) is 1.77. The van der Waals surface area contributed by atoms with Gasteiger partial charge in [0.25, 0.3) is 0 Å². The molecule has 2 aromatic rings. The van der Waals surface area contributed by atoms with Gasteiger partial charge in [-0.25, -0.2) is 0 Å². The molecule has 19 heavy (non-hydrogen) atoms. The maximum absolute atomic E-state index is 5.29. The van der Waals surface area contributed by atoms with Crippen LogP contribution in [0.1, 0.15) is 11.3 Å². The first-order valence-corrected chi connectivity index (χ1v) is 7.05. The van der Waals surface area contributed by atoms with E-state index in [0.717, 1.165) is 21.4 Å². The number of nitrogens with one attached hydrogen (secondary N) is 2. The largest absolute Gasteiger partial charge is 0.357 e. The molecule has 0 bridgehead atoms. The highest BCUT2D eigenvalue weighted by Crippen LogP contribution is 2.15. The topological polar surface area (TPSA) is 41.9 Å². The molecule has 0 aliphatic carbocycles. The van der Waals surface area contributed by atoms with Crippen LogP contribution in [-0.2, 0) is 13.6 Å². The average molecular weight is 339 g/mol. The Kier molecular flexibility index (Phi) is 4.55. The molecule has 1 heterocycles. The number of hydrogen-bond acceptors (Lipinski definition) is 2. The summed E-state index contributed by atoms with van der Waals surface area (Å²) >= 11 is 8.75. The molecular weight excluding hydrogens is 324 g/mol. The lowest BCUT2D eigenvalue weighted by molar-refractivity contribution is 0.693. The van der Waals surface area contributed by atoms with Crippen molar-refractivity contribution in [1.29, 1.82) is 0 Å². The molecule has 1 aromatic heterocycles. The summed E-state index contributed by atoms with van der Waals surface area (Å²) in [6.45, 7) is 2.66. The Bertz CT molecular complexity index is 575. The second-order valence-electron chi connectivity index (χ2n) is 4.19. The van der Waals surface area contributed by atoms with Crippen LogP contribution < -0.4 is 10.6 Å². The van der Waals surface area contributed by atoms with Gasteiger partial charge in [0.15, 0.2) is 5.11 Å². The van der Waals surface area contributed by atoms with Crippen molar-refractivity contribution in [3.63, 3.8) is 0 Å². The van der Waals surface area contributed by atoms with Crippen LogP contribution in [0.4, 0.5) is 5.69 Å². The van der Waals surface area contributed by atoms with Gasteiger partial charge in [-0.15, -0.1) is 0 Å². The standard InChI is InChI=1S/C13H15BrN4S/c1-9-5-3-4-6-11(9)17-13(19)15-8-12-10(14)7-16-18(12)2/h3-7H,8H2,1-2H3,(H2,15,17,19). The summed E-state index contributed by atoms with van der Waals surface area (Å²) in [4.78, 5) is 0. The zero-order chi connectivity index (χ0) is 13.8. The molecule has 0 atom stereocenters. The minimum atomic E-state index is 0.599. The van der Waals surface area contributed by atoms with Crippen molar-refractivity contribution in [2.24, 2.45) is 7.05 Å². The van der Waals surface area contributed by atoms with E-state index in [0.29, 0.717) is 11.7 Å². The first-order chi connectivity index (χ1) is 9.08. The van der Waals surface area contributed by atoms with E-state index in [1.807, 2.05) is 42.9 Å². The van der Waals surface area contributed by atoms with Crippen molar-refractivity contribution in [3.05, 3.63) is 46.2 Å². The van der Waals surface area contributed by atoms with Gasteiger partial charge < -0.3 is 10.6 Å². The summed E-state index contributed by atoms with van der Waals surface area (Å²) < 4.78 is 2.79. The van der Waals surface area contributed by atoms with E-state index >= 15 is 0 Å². The summed E-state index contributed by atoms with van der Waals surface area (Å²) in [7, 11) is 1.90. The van der Waals surface area contributed by atoms with Crippen LogP contribution in [0, 0.1) is 6.92 Å². The summed E-state index contributed by atoms with van der Waals surface area (Å²) in [5.41, 5.74) is 3.23. The summed E-state index contributed by atoms with van der Waals surface area (Å²) in [6, 6.07) is 8.03. The fraction of sp³-hybridized carbons (Fsp3) is 0.231. The van der Waals surface area contributed by atoms with Crippen LogP contribution in [0.2, 0.25) is 0 Å². The number of rotatable bonds is 3. The van der Waals surface area contributed by atoms with Crippen LogP contribution in [0.25, 0.3) is 0 Å². The molecule has 0 saturated heterocycles. The molecule has 0 fully saturated rings. The molecule has 1 aromatic carbocycles. The molecule has 0 aliphatic rings. The first-order valence-electron chi connectivity index (χ1n) is 5.85. The fourth-order valence-corrected chi connectivity index (χ4v) is 2.35. The first kappa shape index (κ1) is 14.0. The monoisotopic (exact) mass is 338 g/mol. The van der Waals surface area contributed by atoms with E-state index in [-0.39, 0.29) is 0 Å². The van der Waals surface area contributed by atoms with E-state index < -0.39 is 0 Å². The number of para-hydroxylation sites is 1.